The monoisotopic (exact) mass is 1190 g/mol. The van der Waals surface area contributed by atoms with Crippen LogP contribution in [0.25, 0.3) is 0 Å². The second kappa shape index (κ2) is 64.2. The lowest BCUT2D eigenvalue weighted by Gasteiger charge is -2.24. The molecule has 2 atom stereocenters. The van der Waals surface area contributed by atoms with Crippen LogP contribution in [0.4, 0.5) is 0 Å². The van der Waals surface area contributed by atoms with E-state index < -0.39 is 26.5 Å². The smallest absolute Gasteiger partial charge is 0.462 e. The van der Waals surface area contributed by atoms with Crippen LogP contribution in [0, 0.1) is 0 Å². The van der Waals surface area contributed by atoms with E-state index in [0.717, 1.165) is 109 Å². The Bertz CT molecular complexity index is 1790. The Balaban J connectivity index is 4.12. The van der Waals surface area contributed by atoms with Crippen LogP contribution in [0.5, 0.6) is 0 Å². The molecule has 0 aromatic heterocycles. The molecule has 0 spiro atoms. The van der Waals surface area contributed by atoms with Crippen molar-refractivity contribution in [2.45, 2.75) is 302 Å². The average molecular weight is 1190 g/mol. The minimum atomic E-state index is -4.40. The van der Waals surface area contributed by atoms with Gasteiger partial charge < -0.3 is 18.9 Å². The zero-order valence-electron chi connectivity index (χ0n) is 55.1. The number of unbranched alkanes of at least 4 members (excludes halogenated alkanes) is 31. The summed E-state index contributed by atoms with van der Waals surface area (Å²) in [6.07, 6.45) is 90.4. The molecule has 2 unspecified atom stereocenters. The van der Waals surface area contributed by atoms with Crippen molar-refractivity contribution >= 4 is 19.8 Å². The molecule has 0 aliphatic carbocycles. The molecule has 0 saturated heterocycles. The Morgan fingerprint density at radius 2 is 0.679 bits per heavy atom. The minimum Gasteiger partial charge on any atom is -0.462 e. The highest BCUT2D eigenvalue weighted by Gasteiger charge is 2.27. The number of quaternary nitrogens is 1. The van der Waals surface area contributed by atoms with E-state index in [2.05, 4.69) is 123 Å². The van der Waals surface area contributed by atoms with Gasteiger partial charge in [0.15, 0.2) is 6.10 Å². The van der Waals surface area contributed by atoms with E-state index in [4.69, 9.17) is 18.5 Å². The predicted octanol–water partition coefficient (Wildman–Crippen LogP) is 22.5. The number of nitrogens with zero attached hydrogens (tertiary/aromatic N) is 1. The van der Waals surface area contributed by atoms with Gasteiger partial charge in [0.2, 0.25) is 0 Å². The number of likely N-dealkylation sites (N-methyl/N-ethyl adjacent to an activating group) is 1. The maximum Gasteiger partial charge on any atom is 0.472 e. The molecule has 84 heavy (non-hydrogen) atoms. The molecule has 0 heterocycles. The van der Waals surface area contributed by atoms with Crippen LogP contribution >= 0.6 is 7.82 Å². The van der Waals surface area contributed by atoms with E-state index in [0.29, 0.717) is 17.4 Å². The van der Waals surface area contributed by atoms with E-state index in [1.165, 1.54) is 154 Å². The quantitative estimate of drug-likeness (QED) is 0.0211. The third kappa shape index (κ3) is 67.8. The lowest BCUT2D eigenvalue weighted by Crippen LogP contribution is -2.37. The zero-order chi connectivity index (χ0) is 61.2. The summed E-state index contributed by atoms with van der Waals surface area (Å²) in [5.41, 5.74) is 0. The highest BCUT2D eigenvalue weighted by atomic mass is 31.2. The first-order chi connectivity index (χ1) is 41.0. The van der Waals surface area contributed by atoms with E-state index in [9.17, 15) is 19.0 Å². The van der Waals surface area contributed by atoms with Gasteiger partial charge in [-0.3, -0.25) is 18.6 Å². The van der Waals surface area contributed by atoms with Crippen molar-refractivity contribution in [1.82, 2.24) is 0 Å². The number of rotatable bonds is 63. The van der Waals surface area contributed by atoms with Crippen molar-refractivity contribution < 1.29 is 42.1 Å². The van der Waals surface area contributed by atoms with Crippen molar-refractivity contribution in [3.05, 3.63) is 109 Å². The van der Waals surface area contributed by atoms with Gasteiger partial charge in [0.1, 0.15) is 19.8 Å². The summed E-state index contributed by atoms with van der Waals surface area (Å²) >= 11 is 0. The lowest BCUT2D eigenvalue weighted by molar-refractivity contribution is -0.870. The van der Waals surface area contributed by atoms with Crippen LogP contribution in [0.15, 0.2) is 109 Å². The lowest BCUT2D eigenvalue weighted by atomic mass is 10.0. The van der Waals surface area contributed by atoms with Gasteiger partial charge in [-0.05, 0) is 103 Å². The van der Waals surface area contributed by atoms with Crippen molar-refractivity contribution in [3.8, 4) is 0 Å². The van der Waals surface area contributed by atoms with Gasteiger partial charge in [0.25, 0.3) is 0 Å². The second-order valence-corrected chi connectivity index (χ2v) is 25.6. The number of phosphoric acid groups is 1. The summed E-state index contributed by atoms with van der Waals surface area (Å²) in [6.45, 7) is 4.32. The summed E-state index contributed by atoms with van der Waals surface area (Å²) in [5, 5.41) is 0. The molecule has 0 rings (SSSR count). The number of carbonyl (C=O) groups excluding carboxylic acids is 2. The third-order valence-electron chi connectivity index (χ3n) is 14.8. The van der Waals surface area contributed by atoms with E-state index in [-0.39, 0.29) is 32.0 Å². The van der Waals surface area contributed by atoms with Gasteiger partial charge in [-0.1, -0.05) is 290 Å². The van der Waals surface area contributed by atoms with E-state index in [1.807, 2.05) is 21.1 Å². The Morgan fingerprint density at radius 3 is 1.02 bits per heavy atom. The Kier molecular flexibility index (Phi) is 61.6. The van der Waals surface area contributed by atoms with E-state index >= 15 is 0 Å². The van der Waals surface area contributed by atoms with Crippen LogP contribution < -0.4 is 0 Å². The number of allylic oxidation sites excluding steroid dienone is 18. The first kappa shape index (κ1) is 80.7. The van der Waals surface area contributed by atoms with E-state index in [1.54, 1.807) is 0 Å². The molecule has 484 valence electrons. The minimum absolute atomic E-state index is 0.0242. The summed E-state index contributed by atoms with van der Waals surface area (Å²) in [6, 6.07) is 0. The largest absolute Gasteiger partial charge is 0.472 e. The number of hydrogen-bond acceptors (Lipinski definition) is 7. The molecule has 0 aliphatic rings. The Morgan fingerprint density at radius 1 is 0.381 bits per heavy atom. The maximum absolute atomic E-state index is 12.9. The van der Waals surface area contributed by atoms with Crippen LogP contribution in [0.3, 0.4) is 0 Å². The molecular formula is C74H131NO8P+. The number of esters is 2. The maximum atomic E-state index is 12.9. The molecule has 1 N–H and O–H groups in total. The molecule has 10 heteroatoms. The number of hydrogen-bond donors (Lipinski definition) is 1. The Labute approximate surface area is 518 Å². The second-order valence-electron chi connectivity index (χ2n) is 24.2. The highest BCUT2D eigenvalue weighted by molar-refractivity contribution is 7.47. The molecule has 9 nitrogen and oxygen atoms in total. The molecule has 0 aromatic carbocycles. The summed E-state index contributed by atoms with van der Waals surface area (Å²) in [5.74, 6) is -0.811. The first-order valence-electron chi connectivity index (χ1n) is 34.6. The van der Waals surface area contributed by atoms with Gasteiger partial charge in [0, 0.05) is 12.8 Å². The summed E-state index contributed by atoms with van der Waals surface area (Å²) < 4.78 is 34.7. The molecular weight excluding hydrogens is 1060 g/mol. The normalized spacial score (nSPS) is 13.8. The molecule has 0 bridgehead atoms. The van der Waals surface area contributed by atoms with Crippen molar-refractivity contribution in [1.29, 1.82) is 0 Å². The van der Waals surface area contributed by atoms with Crippen molar-refractivity contribution in [2.24, 2.45) is 0 Å². The number of carbonyl (C=O) groups is 2. The van der Waals surface area contributed by atoms with Crippen molar-refractivity contribution in [2.75, 3.05) is 47.5 Å². The summed E-state index contributed by atoms with van der Waals surface area (Å²) in [4.78, 5) is 35.9. The first-order valence-corrected chi connectivity index (χ1v) is 36.1. The standard InChI is InChI=1S/C74H130NO8P/c1-6-8-10-12-14-16-18-20-22-24-26-28-30-32-34-36-37-39-41-43-45-47-49-51-53-55-57-59-61-63-65-67-74(77)83-72(71-82-84(78,79)81-69-68-75(3,4)5)70-80-73(76)66-64-62-60-58-56-54-52-50-48-46-44-42-40-38-35-33-31-29-27-25-23-21-19-17-15-13-11-9-7-2/h8,10,14,16,20,22,25-28,32,34,37,39,43,45,49,51,72H,6-7,9,11-13,15,17-19,21,23-24,29-31,33,35-36,38,40-42,44,46-48,50,52-71H2,1-5H3/p+1/b10-8-,16-14-,22-20-,27-25-,28-26-,34-32-,39-37-,45-43-,51-49-. The highest BCUT2D eigenvalue weighted by Crippen LogP contribution is 2.43. The SMILES string of the molecule is CC/C=C\C/C=C\C/C=C\C/C=C\C/C=C\C/C=C\C/C=C\C/C=C\CCCCCCCCC(=O)OC(COC(=O)CCCCCCCCCCCCCCCCCCC/C=C\CCCCCCCCCC)COP(=O)(O)OCC[N+](C)(C)C. The Hall–Kier alpha value is -3.33. The zero-order valence-corrected chi connectivity index (χ0v) is 56.0. The number of phosphoric ester groups is 1. The average Bonchev–Trinajstić information content (AvgIpc) is 3.61. The van der Waals surface area contributed by atoms with Gasteiger partial charge in [-0.15, -0.1) is 0 Å². The van der Waals surface area contributed by atoms with Gasteiger partial charge >= 0.3 is 19.8 Å². The molecule has 0 radical (unpaired) electrons. The van der Waals surface area contributed by atoms with Gasteiger partial charge in [-0.25, -0.2) is 4.57 Å². The van der Waals surface area contributed by atoms with Gasteiger partial charge in [0.05, 0.1) is 27.7 Å². The molecule has 0 aromatic rings. The van der Waals surface area contributed by atoms with Crippen LogP contribution in [0.2, 0.25) is 0 Å². The van der Waals surface area contributed by atoms with Crippen LogP contribution in [0.1, 0.15) is 296 Å². The third-order valence-corrected chi connectivity index (χ3v) is 15.8. The summed E-state index contributed by atoms with van der Waals surface area (Å²) in [7, 11) is 1.46. The molecule has 0 fully saturated rings. The predicted molar refractivity (Wildman–Crippen MR) is 362 cm³/mol. The molecule has 0 saturated carbocycles. The molecule has 0 amide bonds. The fraction of sp³-hybridized carbons (Fsp3) is 0.730. The van der Waals surface area contributed by atoms with Gasteiger partial charge in [-0.2, -0.15) is 0 Å². The fourth-order valence-corrected chi connectivity index (χ4v) is 10.2. The van der Waals surface area contributed by atoms with Crippen LogP contribution in [-0.4, -0.2) is 74.9 Å². The number of ether oxygens (including phenoxy) is 2. The fourth-order valence-electron chi connectivity index (χ4n) is 9.50. The van der Waals surface area contributed by atoms with Crippen LogP contribution in [-0.2, 0) is 32.7 Å². The topological polar surface area (TPSA) is 108 Å². The van der Waals surface area contributed by atoms with Crippen molar-refractivity contribution in [3.63, 3.8) is 0 Å². The molecule has 0 aliphatic heterocycles.